The molecule has 0 fully saturated rings. The number of hydrogen-bond donors (Lipinski definition) is 0. The molecule has 2 aromatic carbocycles. The van der Waals surface area contributed by atoms with Crippen molar-refractivity contribution in [1.82, 2.24) is 9.55 Å². The molecule has 0 saturated heterocycles. The fourth-order valence-electron chi connectivity index (χ4n) is 3.32. The van der Waals surface area contributed by atoms with Gasteiger partial charge in [-0.3, -0.25) is 9.59 Å². The van der Waals surface area contributed by atoms with Crippen molar-refractivity contribution in [2.75, 3.05) is 0 Å². The fraction of sp³-hybridized carbons (Fsp3) is 0.227. The molecule has 6 heteroatoms. The van der Waals surface area contributed by atoms with E-state index in [1.54, 1.807) is 23.5 Å². The highest BCUT2D eigenvalue weighted by Gasteiger charge is 2.14. The lowest BCUT2D eigenvalue weighted by Gasteiger charge is -2.14. The zero-order valence-corrected chi connectivity index (χ0v) is 16.4. The molecular formula is C22H20N2O3S. The molecule has 0 spiro atoms. The first-order valence-electron chi connectivity index (χ1n) is 9.26. The van der Waals surface area contributed by atoms with Crippen LogP contribution in [0, 0.1) is 0 Å². The number of nitrogens with zero attached hydrogens (tertiary/aromatic N) is 2. The number of ether oxygens (including phenoxy) is 1. The lowest BCUT2D eigenvalue weighted by molar-refractivity contribution is -0.145. The Morgan fingerprint density at radius 2 is 1.71 bits per heavy atom. The maximum absolute atomic E-state index is 12.8. The largest absolute Gasteiger partial charge is 0.458 e. The lowest BCUT2D eigenvalue weighted by atomic mass is 10.1. The molecule has 5 nitrogen and oxygen atoms in total. The van der Waals surface area contributed by atoms with Crippen molar-refractivity contribution in [3.05, 3.63) is 74.8 Å². The van der Waals surface area contributed by atoms with Crippen LogP contribution in [0.25, 0.3) is 21.8 Å². The molecule has 0 aliphatic rings. The number of hydrogen-bond acceptors (Lipinski definition) is 5. The number of esters is 1. The SMILES string of the molecule is CCCc1nc(COC(=O)Cn2c3ccccc3c(=O)c3ccccc32)cs1. The van der Waals surface area contributed by atoms with Gasteiger partial charge >= 0.3 is 5.97 Å². The predicted octanol–water partition coefficient (Wildman–Crippen LogP) is 4.31. The minimum Gasteiger partial charge on any atom is -0.458 e. The van der Waals surface area contributed by atoms with E-state index in [9.17, 15) is 9.59 Å². The number of para-hydroxylation sites is 2. The summed E-state index contributed by atoms with van der Waals surface area (Å²) in [5.41, 5.74) is 2.20. The van der Waals surface area contributed by atoms with Crippen molar-refractivity contribution in [2.24, 2.45) is 0 Å². The predicted molar refractivity (Wildman–Crippen MR) is 112 cm³/mol. The topological polar surface area (TPSA) is 61.2 Å². The Balaban J connectivity index is 1.62. The van der Waals surface area contributed by atoms with Gasteiger partial charge in [0.05, 0.1) is 21.7 Å². The summed E-state index contributed by atoms with van der Waals surface area (Å²) < 4.78 is 7.30. The molecule has 0 aliphatic carbocycles. The summed E-state index contributed by atoms with van der Waals surface area (Å²) in [5, 5.41) is 4.18. The van der Waals surface area contributed by atoms with E-state index < -0.39 is 0 Å². The molecule has 0 N–H and O–H groups in total. The van der Waals surface area contributed by atoms with Crippen molar-refractivity contribution in [2.45, 2.75) is 32.9 Å². The summed E-state index contributed by atoms with van der Waals surface area (Å²) in [5.74, 6) is -0.357. The highest BCUT2D eigenvalue weighted by Crippen LogP contribution is 2.19. The van der Waals surface area contributed by atoms with Crippen molar-refractivity contribution >= 4 is 39.1 Å². The Hall–Kier alpha value is -2.99. The molecule has 4 aromatic rings. The van der Waals surface area contributed by atoms with Crippen molar-refractivity contribution in [3.8, 4) is 0 Å². The van der Waals surface area contributed by atoms with Gasteiger partial charge < -0.3 is 9.30 Å². The Morgan fingerprint density at radius 3 is 2.36 bits per heavy atom. The third-order valence-electron chi connectivity index (χ3n) is 4.61. The van der Waals surface area contributed by atoms with Gasteiger partial charge in [0.2, 0.25) is 0 Å². The molecule has 0 amide bonds. The maximum atomic E-state index is 12.8. The van der Waals surface area contributed by atoms with Gasteiger partial charge in [0.25, 0.3) is 0 Å². The molecular weight excluding hydrogens is 372 g/mol. The van der Waals surface area contributed by atoms with Gasteiger partial charge in [-0.2, -0.15) is 0 Å². The number of carbonyl (C=O) groups excluding carboxylic acids is 1. The molecule has 0 atom stereocenters. The highest BCUT2D eigenvalue weighted by atomic mass is 32.1. The maximum Gasteiger partial charge on any atom is 0.326 e. The first kappa shape index (κ1) is 18.4. The van der Waals surface area contributed by atoms with Crippen LogP contribution >= 0.6 is 11.3 Å². The van der Waals surface area contributed by atoms with E-state index in [1.807, 2.05) is 46.3 Å². The van der Waals surface area contributed by atoms with E-state index in [4.69, 9.17) is 4.74 Å². The van der Waals surface area contributed by atoms with Gasteiger partial charge in [-0.05, 0) is 37.1 Å². The summed E-state index contributed by atoms with van der Waals surface area (Å²) >= 11 is 1.59. The van der Waals surface area contributed by atoms with Crippen LogP contribution in [0.4, 0.5) is 0 Å². The van der Waals surface area contributed by atoms with Crippen LogP contribution in [0.3, 0.4) is 0 Å². The smallest absolute Gasteiger partial charge is 0.326 e. The number of pyridine rings is 1. The van der Waals surface area contributed by atoms with E-state index in [1.165, 1.54) is 0 Å². The molecule has 28 heavy (non-hydrogen) atoms. The zero-order valence-electron chi connectivity index (χ0n) is 15.6. The second-order valence-electron chi connectivity index (χ2n) is 6.59. The van der Waals surface area contributed by atoms with Gasteiger partial charge in [0, 0.05) is 16.2 Å². The van der Waals surface area contributed by atoms with Gasteiger partial charge in [-0.15, -0.1) is 11.3 Å². The summed E-state index contributed by atoms with van der Waals surface area (Å²) in [6.07, 6.45) is 1.98. The van der Waals surface area contributed by atoms with E-state index in [0.717, 1.165) is 34.6 Å². The number of carbonyl (C=O) groups is 1. The summed E-state index contributed by atoms with van der Waals surface area (Å²) in [7, 11) is 0. The number of aryl methyl sites for hydroxylation is 1. The first-order valence-corrected chi connectivity index (χ1v) is 10.1. The van der Waals surface area contributed by atoms with E-state index >= 15 is 0 Å². The second kappa shape index (κ2) is 7.94. The van der Waals surface area contributed by atoms with Crippen LogP contribution in [0.5, 0.6) is 0 Å². The molecule has 0 aliphatic heterocycles. The third-order valence-corrected chi connectivity index (χ3v) is 5.57. The van der Waals surface area contributed by atoms with Gasteiger partial charge in [0.1, 0.15) is 13.2 Å². The molecule has 2 heterocycles. The lowest BCUT2D eigenvalue weighted by Crippen LogP contribution is -2.18. The number of benzene rings is 2. The molecule has 0 radical (unpaired) electrons. The number of fused-ring (bicyclic) bond motifs is 2. The van der Waals surface area contributed by atoms with Crippen LogP contribution < -0.4 is 5.43 Å². The Bertz CT molecular complexity index is 1150. The monoisotopic (exact) mass is 392 g/mol. The van der Waals surface area contributed by atoms with Gasteiger partial charge in [-0.1, -0.05) is 31.2 Å². The first-order chi connectivity index (χ1) is 13.7. The van der Waals surface area contributed by atoms with Crippen molar-refractivity contribution in [1.29, 1.82) is 0 Å². The zero-order chi connectivity index (χ0) is 19.5. The fourth-order valence-corrected chi connectivity index (χ4v) is 4.21. The average Bonchev–Trinajstić information content (AvgIpc) is 3.17. The quantitative estimate of drug-likeness (QED) is 0.362. The molecule has 142 valence electrons. The van der Waals surface area contributed by atoms with Crippen molar-refractivity contribution in [3.63, 3.8) is 0 Å². The van der Waals surface area contributed by atoms with Gasteiger partial charge in [0.15, 0.2) is 5.43 Å². The van der Waals surface area contributed by atoms with Crippen molar-refractivity contribution < 1.29 is 9.53 Å². The standard InChI is InChI=1S/C22H20N2O3S/c1-2-7-20-23-15(14-28-20)13-27-21(25)12-24-18-10-5-3-8-16(18)22(26)17-9-4-6-11-19(17)24/h3-6,8-11,14H,2,7,12-13H2,1H3. The van der Waals surface area contributed by atoms with Crippen LogP contribution in [-0.2, 0) is 29.1 Å². The summed E-state index contributed by atoms with van der Waals surface area (Å²) in [4.78, 5) is 29.8. The van der Waals surface area contributed by atoms with Crippen LogP contribution in [0.2, 0.25) is 0 Å². The normalized spacial score (nSPS) is 11.2. The number of thiazole rings is 1. The van der Waals surface area contributed by atoms with Crippen LogP contribution in [-0.4, -0.2) is 15.5 Å². The van der Waals surface area contributed by atoms with E-state index in [2.05, 4.69) is 11.9 Å². The molecule has 0 unspecified atom stereocenters. The highest BCUT2D eigenvalue weighted by molar-refractivity contribution is 7.09. The minimum atomic E-state index is -0.357. The molecule has 0 saturated carbocycles. The van der Waals surface area contributed by atoms with Gasteiger partial charge in [-0.25, -0.2) is 4.98 Å². The number of aromatic nitrogens is 2. The number of rotatable bonds is 6. The summed E-state index contributed by atoms with van der Waals surface area (Å²) in [6.45, 7) is 2.31. The Labute approximate surface area is 166 Å². The molecule has 0 bridgehead atoms. The molecule has 4 rings (SSSR count). The van der Waals surface area contributed by atoms with E-state index in [-0.39, 0.29) is 24.5 Å². The third kappa shape index (κ3) is 3.55. The van der Waals surface area contributed by atoms with E-state index in [0.29, 0.717) is 10.8 Å². The second-order valence-corrected chi connectivity index (χ2v) is 7.54. The van der Waals surface area contributed by atoms with Crippen LogP contribution in [0.1, 0.15) is 24.0 Å². The Morgan fingerprint density at radius 1 is 1.07 bits per heavy atom. The average molecular weight is 392 g/mol. The summed E-state index contributed by atoms with van der Waals surface area (Å²) in [6, 6.07) is 14.7. The molecule has 2 aromatic heterocycles. The van der Waals surface area contributed by atoms with Crippen LogP contribution in [0.15, 0.2) is 58.7 Å². The minimum absolute atomic E-state index is 0.0262. The Kier molecular flexibility index (Phi) is 5.21.